The summed E-state index contributed by atoms with van der Waals surface area (Å²) in [6.07, 6.45) is 8.88. The highest BCUT2D eigenvalue weighted by Crippen LogP contribution is 2.22. The average molecular weight is 205 g/mol. The Kier molecular flexibility index (Phi) is 4.83. The summed E-state index contributed by atoms with van der Waals surface area (Å²) in [4.78, 5) is 2.37. The van der Waals surface area contributed by atoms with E-state index in [0.717, 1.165) is 6.42 Å². The van der Waals surface area contributed by atoms with Gasteiger partial charge in [-0.25, -0.2) is 0 Å². The summed E-state index contributed by atoms with van der Waals surface area (Å²) < 4.78 is 0. The van der Waals surface area contributed by atoms with E-state index < -0.39 is 0 Å². The molecule has 1 unspecified atom stereocenters. The Morgan fingerprint density at radius 2 is 2.27 bits per heavy atom. The van der Waals surface area contributed by atoms with Gasteiger partial charge in [0.2, 0.25) is 0 Å². The van der Waals surface area contributed by atoms with E-state index >= 15 is 0 Å². The van der Waals surface area contributed by atoms with Gasteiger partial charge in [-0.2, -0.15) is 0 Å². The number of nitrogens with zero attached hydrogens (tertiary/aromatic N) is 1. The fourth-order valence-electron chi connectivity index (χ4n) is 1.83. The molecular weight excluding hydrogens is 182 g/mol. The topological polar surface area (TPSA) is 3.24 Å². The molecule has 0 aromatic rings. The Hall–Kier alpha value is -0.820. The van der Waals surface area contributed by atoms with Crippen molar-refractivity contribution >= 4 is 0 Å². The van der Waals surface area contributed by atoms with Crippen LogP contribution in [0.2, 0.25) is 0 Å². The molecule has 1 atom stereocenters. The lowest BCUT2D eigenvalue weighted by atomic mass is 9.99. The molecule has 1 aliphatic rings. The van der Waals surface area contributed by atoms with Gasteiger partial charge in [0, 0.05) is 6.54 Å². The molecule has 0 N–H and O–H groups in total. The van der Waals surface area contributed by atoms with Crippen molar-refractivity contribution in [3.05, 3.63) is 36.0 Å². The van der Waals surface area contributed by atoms with Crippen LogP contribution in [0.25, 0.3) is 0 Å². The summed E-state index contributed by atoms with van der Waals surface area (Å²) in [6, 6.07) is 0. The average Bonchev–Trinajstić information content (AvgIpc) is 2.64. The van der Waals surface area contributed by atoms with Crippen molar-refractivity contribution in [1.29, 1.82) is 0 Å². The minimum atomic E-state index is 0.668. The molecule has 84 valence electrons. The monoisotopic (exact) mass is 205 g/mol. The van der Waals surface area contributed by atoms with Crippen molar-refractivity contribution in [2.24, 2.45) is 5.92 Å². The zero-order chi connectivity index (χ0) is 11.3. The molecule has 0 aliphatic carbocycles. The fraction of sp³-hybridized carbons (Fsp3) is 0.571. The first kappa shape index (κ1) is 12.3. The van der Waals surface area contributed by atoms with Gasteiger partial charge in [-0.15, -0.1) is 0 Å². The third-order valence-corrected chi connectivity index (χ3v) is 3.16. The standard InChI is InChI=1S/C14H23N/c1-5-12(2)7-6-8-13(3)14-9-10-15(4)11-14/h6-8,14H,3,5,9-11H2,1-2,4H3/b8-6-,12-7+. The third kappa shape index (κ3) is 4.05. The van der Waals surface area contributed by atoms with E-state index in [1.165, 1.54) is 30.7 Å². The summed E-state index contributed by atoms with van der Waals surface area (Å²) in [5.41, 5.74) is 2.70. The summed E-state index contributed by atoms with van der Waals surface area (Å²) in [5, 5.41) is 0. The first-order valence-corrected chi connectivity index (χ1v) is 5.84. The maximum atomic E-state index is 4.15. The van der Waals surface area contributed by atoms with Crippen molar-refractivity contribution in [2.45, 2.75) is 26.7 Å². The molecule has 1 nitrogen and oxygen atoms in total. The molecule has 0 saturated carbocycles. The van der Waals surface area contributed by atoms with Crippen LogP contribution in [0.3, 0.4) is 0 Å². The SMILES string of the molecule is C=C(/C=C\C=C(/C)CC)C1CCN(C)C1. The largest absolute Gasteiger partial charge is 0.306 e. The van der Waals surface area contributed by atoms with Gasteiger partial charge in [-0.3, -0.25) is 0 Å². The molecule has 1 aliphatic heterocycles. The quantitative estimate of drug-likeness (QED) is 0.636. The zero-order valence-electron chi connectivity index (χ0n) is 10.3. The second-order valence-corrected chi connectivity index (χ2v) is 4.55. The van der Waals surface area contributed by atoms with Gasteiger partial charge in [-0.05, 0) is 39.3 Å². The molecule has 0 amide bonds. The molecular formula is C14H23N. The van der Waals surface area contributed by atoms with Crippen molar-refractivity contribution in [2.75, 3.05) is 20.1 Å². The number of allylic oxidation sites excluding steroid dienone is 4. The van der Waals surface area contributed by atoms with E-state index in [1.807, 2.05) is 0 Å². The summed E-state index contributed by atoms with van der Waals surface area (Å²) in [6.45, 7) is 10.9. The molecule has 0 spiro atoms. The normalized spacial score (nSPS) is 23.9. The van der Waals surface area contributed by atoms with Crippen LogP contribution in [0, 0.1) is 5.92 Å². The number of likely N-dealkylation sites (tertiary alicyclic amines) is 1. The molecule has 0 bridgehead atoms. The molecule has 1 fully saturated rings. The van der Waals surface area contributed by atoms with E-state index in [4.69, 9.17) is 0 Å². The Morgan fingerprint density at radius 1 is 1.53 bits per heavy atom. The molecule has 15 heavy (non-hydrogen) atoms. The van der Waals surface area contributed by atoms with Crippen LogP contribution in [0.15, 0.2) is 36.0 Å². The van der Waals surface area contributed by atoms with Gasteiger partial charge in [0.25, 0.3) is 0 Å². The van der Waals surface area contributed by atoms with Crippen molar-refractivity contribution in [3.8, 4) is 0 Å². The van der Waals surface area contributed by atoms with Gasteiger partial charge < -0.3 is 4.90 Å². The van der Waals surface area contributed by atoms with Gasteiger partial charge in [0.15, 0.2) is 0 Å². The maximum absolute atomic E-state index is 4.15. The maximum Gasteiger partial charge on any atom is 0.00475 e. The lowest BCUT2D eigenvalue weighted by Gasteiger charge is -2.09. The number of rotatable bonds is 4. The number of hydrogen-bond acceptors (Lipinski definition) is 1. The van der Waals surface area contributed by atoms with Crippen molar-refractivity contribution in [1.82, 2.24) is 4.90 Å². The van der Waals surface area contributed by atoms with E-state index in [9.17, 15) is 0 Å². The Bertz CT molecular complexity index is 273. The van der Waals surface area contributed by atoms with Crippen LogP contribution in [0.5, 0.6) is 0 Å². The van der Waals surface area contributed by atoms with Gasteiger partial charge in [0.05, 0.1) is 0 Å². The molecule has 0 aromatic carbocycles. The van der Waals surface area contributed by atoms with Crippen LogP contribution >= 0.6 is 0 Å². The highest BCUT2D eigenvalue weighted by molar-refractivity contribution is 5.24. The lowest BCUT2D eigenvalue weighted by molar-refractivity contribution is 0.406. The predicted octanol–water partition coefficient (Wildman–Crippen LogP) is 3.41. The van der Waals surface area contributed by atoms with Crippen LogP contribution in [-0.4, -0.2) is 25.0 Å². The van der Waals surface area contributed by atoms with Crippen LogP contribution in [0.4, 0.5) is 0 Å². The lowest BCUT2D eigenvalue weighted by Crippen LogP contribution is -2.14. The predicted molar refractivity (Wildman–Crippen MR) is 67.9 cm³/mol. The van der Waals surface area contributed by atoms with E-state index in [0.29, 0.717) is 5.92 Å². The first-order valence-electron chi connectivity index (χ1n) is 5.84. The van der Waals surface area contributed by atoms with Gasteiger partial charge >= 0.3 is 0 Å². The molecule has 0 radical (unpaired) electrons. The highest BCUT2D eigenvalue weighted by Gasteiger charge is 2.20. The summed E-state index contributed by atoms with van der Waals surface area (Å²) >= 11 is 0. The van der Waals surface area contributed by atoms with Gasteiger partial charge in [0.1, 0.15) is 0 Å². The smallest absolute Gasteiger partial charge is 0.00475 e. The zero-order valence-corrected chi connectivity index (χ0v) is 10.3. The fourth-order valence-corrected chi connectivity index (χ4v) is 1.83. The highest BCUT2D eigenvalue weighted by atomic mass is 15.1. The molecule has 1 heteroatoms. The van der Waals surface area contributed by atoms with Crippen LogP contribution in [0.1, 0.15) is 26.7 Å². The Labute approximate surface area is 94.2 Å². The van der Waals surface area contributed by atoms with Crippen molar-refractivity contribution in [3.63, 3.8) is 0 Å². The van der Waals surface area contributed by atoms with Crippen LogP contribution in [-0.2, 0) is 0 Å². The summed E-state index contributed by atoms with van der Waals surface area (Å²) in [7, 11) is 2.18. The summed E-state index contributed by atoms with van der Waals surface area (Å²) in [5.74, 6) is 0.668. The van der Waals surface area contributed by atoms with Crippen molar-refractivity contribution < 1.29 is 0 Å². The second kappa shape index (κ2) is 5.92. The van der Waals surface area contributed by atoms with E-state index in [-0.39, 0.29) is 0 Å². The van der Waals surface area contributed by atoms with Crippen LogP contribution < -0.4 is 0 Å². The third-order valence-electron chi connectivity index (χ3n) is 3.16. The Balaban J connectivity index is 2.42. The molecule has 0 aromatic heterocycles. The van der Waals surface area contributed by atoms with E-state index in [2.05, 4.69) is 50.6 Å². The molecule has 1 rings (SSSR count). The minimum Gasteiger partial charge on any atom is -0.306 e. The Morgan fingerprint density at radius 3 is 2.80 bits per heavy atom. The van der Waals surface area contributed by atoms with Gasteiger partial charge in [-0.1, -0.05) is 42.9 Å². The first-order chi connectivity index (χ1) is 7.13. The number of hydrogen-bond donors (Lipinski definition) is 0. The molecule has 1 saturated heterocycles. The second-order valence-electron chi connectivity index (χ2n) is 4.55. The molecule has 1 heterocycles. The minimum absolute atomic E-state index is 0.668. The van der Waals surface area contributed by atoms with E-state index in [1.54, 1.807) is 0 Å².